The Balaban J connectivity index is 1.48. The lowest BCUT2D eigenvalue weighted by Crippen LogP contribution is -2.49. The van der Waals surface area contributed by atoms with Crippen LogP contribution < -0.4 is 14.8 Å². The molecule has 1 aromatic carbocycles. The van der Waals surface area contributed by atoms with Crippen LogP contribution in [0.4, 0.5) is 0 Å². The summed E-state index contributed by atoms with van der Waals surface area (Å²) in [6.07, 6.45) is 4.60. The van der Waals surface area contributed by atoms with Crippen molar-refractivity contribution in [2.45, 2.75) is 50.7 Å². The minimum absolute atomic E-state index is 0.0465. The van der Waals surface area contributed by atoms with Crippen molar-refractivity contribution in [1.29, 1.82) is 0 Å². The fourth-order valence-corrected chi connectivity index (χ4v) is 3.59. The largest absolute Gasteiger partial charge is 0.494 e. The predicted molar refractivity (Wildman–Crippen MR) is 88.8 cm³/mol. The molecule has 2 bridgehead atoms. The van der Waals surface area contributed by atoms with Gasteiger partial charge in [-0.3, -0.25) is 4.79 Å². The molecule has 2 aliphatic heterocycles. The second-order valence-electron chi connectivity index (χ2n) is 6.46. The standard InChI is InChI=1S/C18H26N2O3/c1-3-22-16-6-8-17(9-7-16)23-12-18(21)20(2)15-10-13-4-5-14(11-15)19-13/h6-9,13-15,19H,3-5,10-12H2,1-2H3. The van der Waals surface area contributed by atoms with Crippen molar-refractivity contribution in [2.75, 3.05) is 20.3 Å². The number of likely N-dealkylation sites (N-methyl/N-ethyl adjacent to an activating group) is 1. The average Bonchev–Trinajstić information content (AvgIpc) is 2.91. The Morgan fingerprint density at radius 1 is 1.13 bits per heavy atom. The van der Waals surface area contributed by atoms with Gasteiger partial charge in [-0.2, -0.15) is 0 Å². The quantitative estimate of drug-likeness (QED) is 0.874. The fraction of sp³-hybridized carbons (Fsp3) is 0.611. The highest BCUT2D eigenvalue weighted by molar-refractivity contribution is 5.77. The van der Waals surface area contributed by atoms with E-state index in [-0.39, 0.29) is 12.5 Å². The van der Waals surface area contributed by atoms with Crippen molar-refractivity contribution in [3.8, 4) is 11.5 Å². The number of ether oxygens (including phenoxy) is 2. The van der Waals surface area contributed by atoms with Gasteiger partial charge in [-0.05, 0) is 56.9 Å². The van der Waals surface area contributed by atoms with Crippen molar-refractivity contribution in [3.05, 3.63) is 24.3 Å². The first-order valence-electron chi connectivity index (χ1n) is 8.53. The van der Waals surface area contributed by atoms with Crippen LogP contribution in [-0.4, -0.2) is 49.2 Å². The zero-order valence-corrected chi connectivity index (χ0v) is 14.0. The Labute approximate surface area is 137 Å². The number of hydrogen-bond acceptors (Lipinski definition) is 4. The molecule has 1 aromatic rings. The highest BCUT2D eigenvalue weighted by atomic mass is 16.5. The smallest absolute Gasteiger partial charge is 0.260 e. The van der Waals surface area contributed by atoms with Gasteiger partial charge >= 0.3 is 0 Å². The zero-order chi connectivity index (χ0) is 16.2. The first-order valence-corrected chi connectivity index (χ1v) is 8.53. The molecule has 126 valence electrons. The van der Waals surface area contributed by atoms with E-state index in [4.69, 9.17) is 9.47 Å². The molecule has 0 saturated carbocycles. The molecule has 2 fully saturated rings. The van der Waals surface area contributed by atoms with Gasteiger partial charge in [-0.25, -0.2) is 0 Å². The number of benzene rings is 1. The van der Waals surface area contributed by atoms with Crippen LogP contribution in [0.1, 0.15) is 32.6 Å². The maximum atomic E-state index is 12.4. The van der Waals surface area contributed by atoms with E-state index in [0.717, 1.165) is 18.6 Å². The van der Waals surface area contributed by atoms with Gasteiger partial charge < -0.3 is 19.7 Å². The van der Waals surface area contributed by atoms with E-state index >= 15 is 0 Å². The van der Waals surface area contributed by atoms with Crippen LogP contribution in [0.2, 0.25) is 0 Å². The molecule has 0 aromatic heterocycles. The number of nitrogens with zero attached hydrogens (tertiary/aromatic N) is 1. The Kier molecular flexibility index (Phi) is 5.06. The summed E-state index contributed by atoms with van der Waals surface area (Å²) in [6.45, 7) is 2.68. The molecule has 1 amide bonds. The third-order valence-electron chi connectivity index (χ3n) is 4.89. The molecule has 1 N–H and O–H groups in total. The number of carbonyl (C=O) groups excluding carboxylic acids is 1. The molecule has 0 radical (unpaired) electrons. The van der Waals surface area contributed by atoms with E-state index in [1.165, 1.54) is 12.8 Å². The number of piperidine rings is 1. The Hall–Kier alpha value is -1.75. The second-order valence-corrected chi connectivity index (χ2v) is 6.46. The van der Waals surface area contributed by atoms with Crippen molar-refractivity contribution in [1.82, 2.24) is 10.2 Å². The summed E-state index contributed by atoms with van der Waals surface area (Å²) in [7, 11) is 1.90. The maximum Gasteiger partial charge on any atom is 0.260 e. The maximum absolute atomic E-state index is 12.4. The van der Waals surface area contributed by atoms with Gasteiger partial charge in [-0.1, -0.05) is 0 Å². The topological polar surface area (TPSA) is 50.8 Å². The normalized spacial score (nSPS) is 25.9. The summed E-state index contributed by atoms with van der Waals surface area (Å²) in [5, 5.41) is 3.61. The van der Waals surface area contributed by atoms with Gasteiger partial charge in [0.05, 0.1) is 6.61 Å². The summed E-state index contributed by atoms with van der Waals surface area (Å²) in [6, 6.07) is 8.90. The van der Waals surface area contributed by atoms with Gasteiger partial charge in [-0.15, -0.1) is 0 Å². The number of amides is 1. The predicted octanol–water partition coefficient (Wildman–Crippen LogP) is 2.21. The fourth-order valence-electron chi connectivity index (χ4n) is 3.59. The summed E-state index contributed by atoms with van der Waals surface area (Å²) in [5.74, 6) is 1.55. The van der Waals surface area contributed by atoms with Gasteiger partial charge in [0.1, 0.15) is 11.5 Å². The lowest BCUT2D eigenvalue weighted by Gasteiger charge is -2.35. The Morgan fingerprint density at radius 3 is 2.26 bits per heavy atom. The lowest BCUT2D eigenvalue weighted by atomic mass is 9.98. The van der Waals surface area contributed by atoms with E-state index in [9.17, 15) is 4.79 Å². The monoisotopic (exact) mass is 318 g/mol. The molecule has 23 heavy (non-hydrogen) atoms. The van der Waals surface area contributed by atoms with Crippen molar-refractivity contribution in [2.24, 2.45) is 0 Å². The van der Waals surface area contributed by atoms with Crippen molar-refractivity contribution >= 4 is 5.91 Å². The van der Waals surface area contributed by atoms with Gasteiger partial charge in [0.25, 0.3) is 5.91 Å². The summed E-state index contributed by atoms with van der Waals surface area (Å²) >= 11 is 0. The number of fused-ring (bicyclic) bond motifs is 2. The van der Waals surface area contributed by atoms with Gasteiger partial charge in [0.2, 0.25) is 0 Å². The third-order valence-corrected chi connectivity index (χ3v) is 4.89. The summed E-state index contributed by atoms with van der Waals surface area (Å²) in [5.41, 5.74) is 0. The average molecular weight is 318 g/mol. The summed E-state index contributed by atoms with van der Waals surface area (Å²) in [4.78, 5) is 14.3. The highest BCUT2D eigenvalue weighted by Crippen LogP contribution is 2.29. The minimum Gasteiger partial charge on any atom is -0.494 e. The first kappa shape index (κ1) is 16.1. The van der Waals surface area contributed by atoms with E-state index < -0.39 is 0 Å². The summed E-state index contributed by atoms with van der Waals surface area (Å²) < 4.78 is 11.0. The second kappa shape index (κ2) is 7.21. The molecule has 2 atom stereocenters. The number of rotatable bonds is 6. The molecule has 2 saturated heterocycles. The number of nitrogens with one attached hydrogen (secondary N) is 1. The van der Waals surface area contributed by atoms with E-state index in [0.29, 0.717) is 30.5 Å². The van der Waals surface area contributed by atoms with Crippen LogP contribution in [0, 0.1) is 0 Å². The molecule has 2 aliphatic rings. The zero-order valence-electron chi connectivity index (χ0n) is 14.0. The molecule has 5 heteroatoms. The van der Waals surface area contributed by atoms with Crippen LogP contribution in [0.25, 0.3) is 0 Å². The molecular weight excluding hydrogens is 292 g/mol. The van der Waals surface area contributed by atoms with Crippen LogP contribution >= 0.6 is 0 Å². The third kappa shape index (κ3) is 3.96. The minimum atomic E-state index is 0.0465. The van der Waals surface area contributed by atoms with E-state index in [1.54, 1.807) is 0 Å². The van der Waals surface area contributed by atoms with Gasteiger partial charge in [0, 0.05) is 25.2 Å². The SMILES string of the molecule is CCOc1ccc(OCC(=O)N(C)C2CC3CCC(C2)N3)cc1. The van der Waals surface area contributed by atoms with Gasteiger partial charge in [0.15, 0.2) is 6.61 Å². The van der Waals surface area contributed by atoms with Crippen LogP contribution in [0.15, 0.2) is 24.3 Å². The van der Waals surface area contributed by atoms with Crippen LogP contribution in [0.3, 0.4) is 0 Å². The molecule has 2 heterocycles. The van der Waals surface area contributed by atoms with E-state index in [2.05, 4.69) is 5.32 Å². The van der Waals surface area contributed by atoms with Crippen LogP contribution in [-0.2, 0) is 4.79 Å². The van der Waals surface area contributed by atoms with E-state index in [1.807, 2.05) is 43.1 Å². The molecule has 0 spiro atoms. The molecule has 0 aliphatic carbocycles. The molecule has 3 rings (SSSR count). The number of carbonyl (C=O) groups is 1. The molecule has 5 nitrogen and oxygen atoms in total. The Bertz CT molecular complexity index is 520. The highest BCUT2D eigenvalue weighted by Gasteiger charge is 2.36. The number of hydrogen-bond donors (Lipinski definition) is 1. The van der Waals surface area contributed by atoms with Crippen molar-refractivity contribution in [3.63, 3.8) is 0 Å². The molecular formula is C18H26N2O3. The first-order chi connectivity index (χ1) is 11.2. The van der Waals surface area contributed by atoms with Crippen LogP contribution in [0.5, 0.6) is 11.5 Å². The lowest BCUT2D eigenvalue weighted by molar-refractivity contribution is -0.134. The van der Waals surface area contributed by atoms with Crippen molar-refractivity contribution < 1.29 is 14.3 Å². The molecule has 2 unspecified atom stereocenters. The Morgan fingerprint density at radius 2 is 1.70 bits per heavy atom.